The highest BCUT2D eigenvalue weighted by Gasteiger charge is 2.11. The van der Waals surface area contributed by atoms with Gasteiger partial charge in [-0.25, -0.2) is 9.97 Å². The van der Waals surface area contributed by atoms with Crippen LogP contribution in [0, 0.1) is 0 Å². The standard InChI is InChI=1S/C15H10N2O/c1-2-10-3-4-11-12(15(10)18-7-1)5-6-14-13(11)8-16-9-17-14/h1-6,8-9H,7H2. The summed E-state index contributed by atoms with van der Waals surface area (Å²) in [6, 6.07) is 8.28. The van der Waals surface area contributed by atoms with Crippen LogP contribution in [-0.2, 0) is 0 Å². The lowest BCUT2D eigenvalue weighted by atomic mass is 10.0. The molecule has 0 N–H and O–H groups in total. The summed E-state index contributed by atoms with van der Waals surface area (Å²) in [5, 5.41) is 3.33. The van der Waals surface area contributed by atoms with E-state index in [0.717, 1.165) is 33.0 Å². The number of benzene rings is 2. The van der Waals surface area contributed by atoms with E-state index in [9.17, 15) is 0 Å². The molecule has 1 aliphatic heterocycles. The van der Waals surface area contributed by atoms with Crippen molar-refractivity contribution in [3.8, 4) is 5.75 Å². The second-order valence-electron chi connectivity index (χ2n) is 4.31. The van der Waals surface area contributed by atoms with Gasteiger partial charge in [0, 0.05) is 22.5 Å². The molecule has 2 aromatic carbocycles. The third kappa shape index (κ3) is 1.24. The predicted octanol–water partition coefficient (Wildman–Crippen LogP) is 3.19. The Bertz CT molecular complexity index is 793. The van der Waals surface area contributed by atoms with Crippen LogP contribution in [0.1, 0.15) is 5.56 Å². The van der Waals surface area contributed by atoms with Crippen LogP contribution >= 0.6 is 0 Å². The number of nitrogens with zero attached hydrogens (tertiary/aromatic N) is 2. The largest absolute Gasteiger partial charge is 0.488 e. The van der Waals surface area contributed by atoms with Gasteiger partial charge in [-0.2, -0.15) is 0 Å². The fourth-order valence-electron chi connectivity index (χ4n) is 2.46. The van der Waals surface area contributed by atoms with Crippen LogP contribution in [-0.4, -0.2) is 16.6 Å². The number of fused-ring (bicyclic) bond motifs is 5. The molecule has 3 aromatic rings. The Morgan fingerprint density at radius 3 is 2.94 bits per heavy atom. The summed E-state index contributed by atoms with van der Waals surface area (Å²) >= 11 is 0. The Labute approximate surface area is 104 Å². The van der Waals surface area contributed by atoms with Gasteiger partial charge in [-0.3, -0.25) is 0 Å². The number of rotatable bonds is 0. The quantitative estimate of drug-likeness (QED) is 0.560. The predicted molar refractivity (Wildman–Crippen MR) is 71.6 cm³/mol. The first-order valence-electron chi connectivity index (χ1n) is 5.88. The maximum atomic E-state index is 5.76. The monoisotopic (exact) mass is 234 g/mol. The van der Waals surface area contributed by atoms with Gasteiger partial charge in [0.1, 0.15) is 18.7 Å². The Morgan fingerprint density at radius 2 is 1.94 bits per heavy atom. The molecule has 0 unspecified atom stereocenters. The Balaban J connectivity index is 2.19. The van der Waals surface area contributed by atoms with Gasteiger partial charge in [0.05, 0.1) is 5.52 Å². The fraction of sp³-hybridized carbons (Fsp3) is 0.0667. The van der Waals surface area contributed by atoms with Crippen LogP contribution in [0.15, 0.2) is 42.9 Å². The molecule has 86 valence electrons. The highest BCUT2D eigenvalue weighted by atomic mass is 16.5. The van der Waals surface area contributed by atoms with Gasteiger partial charge in [0.2, 0.25) is 0 Å². The smallest absolute Gasteiger partial charge is 0.134 e. The second-order valence-corrected chi connectivity index (χ2v) is 4.31. The van der Waals surface area contributed by atoms with E-state index in [-0.39, 0.29) is 0 Å². The van der Waals surface area contributed by atoms with Crippen molar-refractivity contribution in [3.05, 3.63) is 48.4 Å². The molecule has 2 heterocycles. The van der Waals surface area contributed by atoms with Crippen LogP contribution in [0.5, 0.6) is 5.75 Å². The Hall–Kier alpha value is -2.42. The van der Waals surface area contributed by atoms with E-state index in [0.29, 0.717) is 6.61 Å². The summed E-state index contributed by atoms with van der Waals surface area (Å²) in [5.74, 6) is 0.959. The van der Waals surface area contributed by atoms with Crippen LogP contribution in [0.25, 0.3) is 27.8 Å². The lowest BCUT2D eigenvalue weighted by Crippen LogP contribution is -2.00. The summed E-state index contributed by atoms with van der Waals surface area (Å²) in [7, 11) is 0. The molecule has 0 amide bonds. The normalized spacial score (nSPS) is 13.6. The summed E-state index contributed by atoms with van der Waals surface area (Å²) in [4.78, 5) is 8.39. The van der Waals surface area contributed by atoms with Gasteiger partial charge in [-0.15, -0.1) is 0 Å². The van der Waals surface area contributed by atoms with Gasteiger partial charge in [-0.1, -0.05) is 18.2 Å². The van der Waals surface area contributed by atoms with E-state index in [1.165, 1.54) is 0 Å². The van der Waals surface area contributed by atoms with Gasteiger partial charge in [-0.05, 0) is 23.6 Å². The van der Waals surface area contributed by atoms with Gasteiger partial charge in [0.15, 0.2) is 0 Å². The molecule has 3 nitrogen and oxygen atoms in total. The van der Waals surface area contributed by atoms with Gasteiger partial charge >= 0.3 is 0 Å². The minimum absolute atomic E-state index is 0.634. The van der Waals surface area contributed by atoms with Crippen molar-refractivity contribution in [3.63, 3.8) is 0 Å². The average molecular weight is 234 g/mol. The number of hydrogen-bond acceptors (Lipinski definition) is 3. The minimum atomic E-state index is 0.634. The molecule has 4 rings (SSSR count). The number of hydrogen-bond donors (Lipinski definition) is 0. The number of ether oxygens (including phenoxy) is 1. The molecule has 0 fully saturated rings. The van der Waals surface area contributed by atoms with E-state index < -0.39 is 0 Å². The third-order valence-corrected chi connectivity index (χ3v) is 3.29. The van der Waals surface area contributed by atoms with Gasteiger partial charge < -0.3 is 4.74 Å². The molecular formula is C15H10N2O. The van der Waals surface area contributed by atoms with Gasteiger partial charge in [0.25, 0.3) is 0 Å². The lowest BCUT2D eigenvalue weighted by molar-refractivity contribution is 0.363. The zero-order valence-corrected chi connectivity index (χ0v) is 9.63. The maximum Gasteiger partial charge on any atom is 0.134 e. The molecule has 1 aromatic heterocycles. The summed E-state index contributed by atoms with van der Waals surface area (Å²) in [6.45, 7) is 0.634. The van der Waals surface area contributed by atoms with Crippen molar-refractivity contribution in [2.45, 2.75) is 0 Å². The molecule has 3 heteroatoms. The zero-order valence-electron chi connectivity index (χ0n) is 9.63. The van der Waals surface area contributed by atoms with Crippen LogP contribution in [0.2, 0.25) is 0 Å². The van der Waals surface area contributed by atoms with Crippen molar-refractivity contribution in [1.29, 1.82) is 0 Å². The molecule has 0 radical (unpaired) electrons. The van der Waals surface area contributed by atoms with E-state index in [1.54, 1.807) is 6.33 Å². The summed E-state index contributed by atoms with van der Waals surface area (Å²) in [6.07, 6.45) is 7.56. The van der Waals surface area contributed by atoms with Crippen molar-refractivity contribution in [2.24, 2.45) is 0 Å². The highest BCUT2D eigenvalue weighted by Crippen LogP contribution is 2.35. The van der Waals surface area contributed by atoms with E-state index in [2.05, 4.69) is 34.2 Å². The maximum absolute atomic E-state index is 5.76. The first-order chi connectivity index (χ1) is 8.93. The third-order valence-electron chi connectivity index (χ3n) is 3.29. The lowest BCUT2D eigenvalue weighted by Gasteiger charge is -2.15. The van der Waals surface area contributed by atoms with Crippen molar-refractivity contribution >= 4 is 27.8 Å². The fourth-order valence-corrected chi connectivity index (χ4v) is 2.46. The van der Waals surface area contributed by atoms with Crippen LogP contribution < -0.4 is 4.74 Å². The van der Waals surface area contributed by atoms with Crippen molar-refractivity contribution in [2.75, 3.05) is 6.61 Å². The molecule has 0 saturated heterocycles. The van der Waals surface area contributed by atoms with Crippen molar-refractivity contribution in [1.82, 2.24) is 9.97 Å². The van der Waals surface area contributed by atoms with E-state index >= 15 is 0 Å². The highest BCUT2D eigenvalue weighted by molar-refractivity contribution is 6.08. The number of aromatic nitrogens is 2. The zero-order chi connectivity index (χ0) is 11.9. The SMILES string of the molecule is C1=Cc2ccc3c(ccc4ncncc43)c2OC1. The summed E-state index contributed by atoms with van der Waals surface area (Å²) < 4.78 is 5.76. The first-order valence-corrected chi connectivity index (χ1v) is 5.88. The Morgan fingerprint density at radius 1 is 1.00 bits per heavy atom. The second kappa shape index (κ2) is 3.53. The Kier molecular flexibility index (Phi) is 1.88. The van der Waals surface area contributed by atoms with Crippen LogP contribution in [0.4, 0.5) is 0 Å². The first kappa shape index (κ1) is 9.59. The molecule has 0 spiro atoms. The molecular weight excluding hydrogens is 224 g/mol. The molecule has 18 heavy (non-hydrogen) atoms. The van der Waals surface area contributed by atoms with E-state index in [1.807, 2.05) is 18.3 Å². The summed E-state index contributed by atoms with van der Waals surface area (Å²) in [5.41, 5.74) is 2.09. The molecule has 0 bridgehead atoms. The molecule has 0 saturated carbocycles. The average Bonchev–Trinajstić information content (AvgIpc) is 2.46. The molecule has 0 aliphatic carbocycles. The van der Waals surface area contributed by atoms with Crippen molar-refractivity contribution < 1.29 is 4.74 Å². The minimum Gasteiger partial charge on any atom is -0.488 e. The molecule has 0 atom stereocenters. The van der Waals surface area contributed by atoms with E-state index in [4.69, 9.17) is 4.74 Å². The molecule has 1 aliphatic rings. The topological polar surface area (TPSA) is 35.0 Å². The van der Waals surface area contributed by atoms with Crippen LogP contribution in [0.3, 0.4) is 0 Å².